The van der Waals surface area contributed by atoms with Crippen molar-refractivity contribution >= 4 is 17.3 Å². The van der Waals surface area contributed by atoms with Gasteiger partial charge in [-0.15, -0.1) is 0 Å². The Morgan fingerprint density at radius 3 is 2.94 bits per heavy atom. The van der Waals surface area contributed by atoms with Crippen LogP contribution in [0.5, 0.6) is 5.75 Å². The summed E-state index contributed by atoms with van der Waals surface area (Å²) >= 11 is 0. The first kappa shape index (κ1) is 20.1. The molecule has 6 heteroatoms. The monoisotopic (exact) mass is 433 g/mol. The van der Waals surface area contributed by atoms with Crippen molar-refractivity contribution < 1.29 is 14.6 Å². The second-order valence-electron chi connectivity index (χ2n) is 9.66. The minimum absolute atomic E-state index is 0.119. The number of nitrogens with zero attached hydrogens (tertiary/aromatic N) is 3. The van der Waals surface area contributed by atoms with E-state index in [9.17, 15) is 9.90 Å². The molecule has 6 nitrogen and oxygen atoms in total. The highest BCUT2D eigenvalue weighted by molar-refractivity contribution is 5.98. The van der Waals surface area contributed by atoms with Gasteiger partial charge in [0.2, 0.25) is 5.91 Å². The third-order valence-corrected chi connectivity index (χ3v) is 7.75. The summed E-state index contributed by atoms with van der Waals surface area (Å²) in [7, 11) is 0. The Morgan fingerprint density at radius 1 is 1.19 bits per heavy atom. The van der Waals surface area contributed by atoms with Crippen molar-refractivity contribution in [1.29, 1.82) is 0 Å². The van der Waals surface area contributed by atoms with E-state index in [2.05, 4.69) is 46.2 Å². The van der Waals surface area contributed by atoms with Gasteiger partial charge in [0.25, 0.3) is 0 Å². The maximum Gasteiger partial charge on any atom is 0.223 e. The number of aliphatic hydroxyl groups excluding tert-OH is 1. The molecular formula is C26H31N3O3. The number of aliphatic hydroxyl groups is 1. The smallest absolute Gasteiger partial charge is 0.223 e. The topological polar surface area (TPSA) is 56.3 Å². The van der Waals surface area contributed by atoms with E-state index in [0.29, 0.717) is 24.9 Å². The van der Waals surface area contributed by atoms with Crippen LogP contribution in [0.25, 0.3) is 0 Å². The first-order valence-corrected chi connectivity index (χ1v) is 11.9. The number of para-hydroxylation sites is 2. The fourth-order valence-corrected chi connectivity index (χ4v) is 6.39. The third kappa shape index (κ3) is 3.20. The van der Waals surface area contributed by atoms with Crippen LogP contribution in [0.1, 0.15) is 36.0 Å². The average molecular weight is 434 g/mol. The maximum absolute atomic E-state index is 12.2. The molecule has 2 aromatic carbocycles. The van der Waals surface area contributed by atoms with Crippen molar-refractivity contribution in [3.8, 4) is 5.75 Å². The van der Waals surface area contributed by atoms with Crippen molar-refractivity contribution in [3.63, 3.8) is 0 Å². The number of piperidine rings is 1. The summed E-state index contributed by atoms with van der Waals surface area (Å²) in [5, 5.41) is 10.9. The van der Waals surface area contributed by atoms with E-state index >= 15 is 0 Å². The molecule has 1 N–H and O–H groups in total. The van der Waals surface area contributed by atoms with Gasteiger partial charge in [0.05, 0.1) is 24.1 Å². The van der Waals surface area contributed by atoms with Crippen LogP contribution in [0.2, 0.25) is 0 Å². The molecule has 6 rings (SSSR count). The van der Waals surface area contributed by atoms with Gasteiger partial charge in [-0.3, -0.25) is 9.69 Å². The van der Waals surface area contributed by atoms with Gasteiger partial charge in [-0.2, -0.15) is 0 Å². The number of carbonyl (C=O) groups excluding carboxylic acids is 1. The summed E-state index contributed by atoms with van der Waals surface area (Å²) in [4.78, 5) is 19.1. The Bertz CT molecular complexity index is 1050. The van der Waals surface area contributed by atoms with E-state index in [1.54, 1.807) is 6.92 Å². The van der Waals surface area contributed by atoms with Crippen LogP contribution in [0.4, 0.5) is 11.4 Å². The molecule has 4 heterocycles. The van der Waals surface area contributed by atoms with Crippen LogP contribution in [0.15, 0.2) is 36.4 Å². The Morgan fingerprint density at radius 2 is 2.06 bits per heavy atom. The second kappa shape index (κ2) is 7.78. The van der Waals surface area contributed by atoms with Gasteiger partial charge in [-0.05, 0) is 29.2 Å². The number of fused-ring (bicyclic) bond motifs is 4. The van der Waals surface area contributed by atoms with Gasteiger partial charge in [0.15, 0.2) is 0 Å². The van der Waals surface area contributed by atoms with E-state index in [0.717, 1.165) is 62.6 Å². The first-order chi connectivity index (χ1) is 15.6. The average Bonchev–Trinajstić information content (AvgIpc) is 3.39. The summed E-state index contributed by atoms with van der Waals surface area (Å²) in [6.45, 7) is 6.72. The molecule has 1 amide bonds. The van der Waals surface area contributed by atoms with Crippen molar-refractivity contribution in [3.05, 3.63) is 53.1 Å². The lowest BCUT2D eigenvalue weighted by Crippen LogP contribution is -2.51. The Hall–Kier alpha value is -2.57. The highest BCUT2D eigenvalue weighted by Crippen LogP contribution is 2.50. The van der Waals surface area contributed by atoms with Crippen molar-refractivity contribution in [2.75, 3.05) is 49.1 Å². The third-order valence-electron chi connectivity index (χ3n) is 7.75. The van der Waals surface area contributed by atoms with E-state index in [-0.39, 0.29) is 5.91 Å². The largest absolute Gasteiger partial charge is 0.493 e. The second-order valence-corrected chi connectivity index (χ2v) is 9.66. The highest BCUT2D eigenvalue weighted by Gasteiger charge is 2.45. The molecule has 32 heavy (non-hydrogen) atoms. The fourth-order valence-electron chi connectivity index (χ4n) is 6.39. The molecule has 0 aliphatic carbocycles. The van der Waals surface area contributed by atoms with Gasteiger partial charge in [0.1, 0.15) is 5.75 Å². The normalized spacial score (nSPS) is 24.6. The van der Waals surface area contributed by atoms with Crippen molar-refractivity contribution in [1.82, 2.24) is 4.90 Å². The van der Waals surface area contributed by atoms with Gasteiger partial charge in [-0.1, -0.05) is 30.3 Å². The number of benzene rings is 2. The molecule has 4 aliphatic heterocycles. The van der Waals surface area contributed by atoms with E-state index < -0.39 is 6.10 Å². The molecule has 0 aromatic heterocycles. The number of ether oxygens (including phenoxy) is 1. The number of β-amino-alcohol motifs (C(OH)–C–C–N with tert-alkyl or cyclic N) is 1. The Balaban J connectivity index is 1.18. The number of amides is 1. The SMILES string of the molecule is CC(=O)N1CCN2c3c(cccc31)[C@@H]1CN(CC(O)Cc3cccc4c3OCC4)CC[C@@H]12. The van der Waals surface area contributed by atoms with Crippen LogP contribution in [0.3, 0.4) is 0 Å². The van der Waals surface area contributed by atoms with Crippen LogP contribution in [-0.2, 0) is 17.6 Å². The molecule has 3 atom stereocenters. The molecule has 1 fully saturated rings. The minimum Gasteiger partial charge on any atom is -0.493 e. The molecule has 0 saturated carbocycles. The van der Waals surface area contributed by atoms with Crippen LogP contribution in [0, 0.1) is 0 Å². The standard InChI is InChI=1S/C26H31N3O3/c1-17(30)28-11-12-29-23-8-10-27(16-22(23)21-6-3-7-24(28)25(21)29)15-20(31)14-19-5-2-4-18-9-13-32-26(18)19/h2-7,20,22-23,31H,8-16H2,1H3/t20?,22-,23-/m0/s1. The Kier molecular flexibility index (Phi) is 4.88. The molecule has 0 spiro atoms. The predicted octanol–water partition coefficient (Wildman–Crippen LogP) is 2.57. The summed E-state index contributed by atoms with van der Waals surface area (Å²) in [6.07, 6.45) is 2.28. The van der Waals surface area contributed by atoms with E-state index in [1.165, 1.54) is 16.8 Å². The molecular weight excluding hydrogens is 402 g/mol. The maximum atomic E-state index is 12.2. The van der Waals surface area contributed by atoms with Gasteiger partial charge in [-0.25, -0.2) is 0 Å². The molecule has 1 saturated heterocycles. The van der Waals surface area contributed by atoms with Crippen molar-refractivity contribution in [2.45, 2.75) is 44.2 Å². The molecule has 0 radical (unpaired) electrons. The number of hydrogen-bond donors (Lipinski definition) is 1. The van der Waals surface area contributed by atoms with Crippen LogP contribution >= 0.6 is 0 Å². The van der Waals surface area contributed by atoms with Crippen LogP contribution < -0.4 is 14.5 Å². The van der Waals surface area contributed by atoms with E-state index in [4.69, 9.17) is 4.74 Å². The molecule has 0 bridgehead atoms. The van der Waals surface area contributed by atoms with Crippen LogP contribution in [-0.4, -0.2) is 67.4 Å². The van der Waals surface area contributed by atoms with Gasteiger partial charge >= 0.3 is 0 Å². The predicted molar refractivity (Wildman–Crippen MR) is 125 cm³/mol. The van der Waals surface area contributed by atoms with Gasteiger partial charge in [0, 0.05) is 64.4 Å². The lowest BCUT2D eigenvalue weighted by Gasteiger charge is -2.42. The number of likely N-dealkylation sites (tertiary alicyclic amines) is 1. The zero-order valence-electron chi connectivity index (χ0n) is 18.7. The lowest BCUT2D eigenvalue weighted by molar-refractivity contribution is -0.116. The first-order valence-electron chi connectivity index (χ1n) is 11.9. The zero-order chi connectivity index (χ0) is 21.8. The van der Waals surface area contributed by atoms with Crippen molar-refractivity contribution in [2.24, 2.45) is 0 Å². The number of hydrogen-bond acceptors (Lipinski definition) is 5. The molecule has 2 aromatic rings. The molecule has 4 aliphatic rings. The summed E-state index contributed by atoms with van der Waals surface area (Å²) in [6, 6.07) is 13.2. The number of carbonyl (C=O) groups is 1. The number of rotatable bonds is 4. The quantitative estimate of drug-likeness (QED) is 0.803. The highest BCUT2D eigenvalue weighted by atomic mass is 16.5. The molecule has 168 valence electrons. The zero-order valence-corrected chi connectivity index (χ0v) is 18.7. The lowest BCUT2D eigenvalue weighted by atomic mass is 9.88. The Labute approximate surface area is 189 Å². The summed E-state index contributed by atoms with van der Waals surface area (Å²) in [5.74, 6) is 1.54. The van der Waals surface area contributed by atoms with Gasteiger partial charge < -0.3 is 19.6 Å². The fraction of sp³-hybridized carbons (Fsp3) is 0.500. The summed E-state index contributed by atoms with van der Waals surface area (Å²) in [5.41, 5.74) is 6.09. The summed E-state index contributed by atoms with van der Waals surface area (Å²) < 4.78 is 5.82. The minimum atomic E-state index is -0.408. The van der Waals surface area contributed by atoms with E-state index in [1.807, 2.05) is 4.90 Å². The molecule has 1 unspecified atom stereocenters. The number of anilines is 2.